The average molecular weight is 342 g/mol. The maximum atomic E-state index is 12.0. The number of carbonyl (C=O) groups excluding carboxylic acids is 2. The van der Waals surface area contributed by atoms with Gasteiger partial charge in [-0.2, -0.15) is 0 Å². The quantitative estimate of drug-likeness (QED) is 0.720. The second kappa shape index (κ2) is 9.32. The normalized spacial score (nSPS) is 10.0. The zero-order chi connectivity index (χ0) is 18.1. The molecule has 0 bridgehead atoms. The van der Waals surface area contributed by atoms with Crippen LogP contribution in [0, 0.1) is 0 Å². The Balaban J connectivity index is 1.84. The van der Waals surface area contributed by atoms with E-state index in [1.807, 2.05) is 31.2 Å². The van der Waals surface area contributed by atoms with E-state index in [4.69, 9.17) is 9.47 Å². The third-order valence-corrected chi connectivity index (χ3v) is 3.36. The van der Waals surface area contributed by atoms with E-state index in [0.29, 0.717) is 17.9 Å². The molecule has 0 spiro atoms. The molecule has 2 aromatic carbocycles. The summed E-state index contributed by atoms with van der Waals surface area (Å²) in [5, 5.41) is 5.79. The number of ether oxygens (including phenoxy) is 2. The molecule has 0 unspecified atom stereocenters. The monoisotopic (exact) mass is 342 g/mol. The Kier molecular flexibility index (Phi) is 6.83. The highest BCUT2D eigenvalue weighted by Crippen LogP contribution is 2.16. The summed E-state index contributed by atoms with van der Waals surface area (Å²) in [7, 11) is 1.59. The van der Waals surface area contributed by atoms with Crippen molar-refractivity contribution in [3.8, 4) is 5.75 Å². The molecule has 0 atom stereocenters. The van der Waals surface area contributed by atoms with E-state index in [0.717, 1.165) is 17.9 Å². The molecule has 0 fully saturated rings. The number of carbonyl (C=O) groups is 2. The minimum atomic E-state index is -0.362. The fourth-order valence-corrected chi connectivity index (χ4v) is 2.09. The fourth-order valence-electron chi connectivity index (χ4n) is 2.09. The van der Waals surface area contributed by atoms with E-state index in [2.05, 4.69) is 10.6 Å². The zero-order valence-electron chi connectivity index (χ0n) is 14.4. The summed E-state index contributed by atoms with van der Waals surface area (Å²) < 4.78 is 10.2. The van der Waals surface area contributed by atoms with Crippen LogP contribution < -0.4 is 15.4 Å². The molecule has 0 heterocycles. The van der Waals surface area contributed by atoms with E-state index in [9.17, 15) is 9.59 Å². The van der Waals surface area contributed by atoms with Crippen LogP contribution >= 0.6 is 0 Å². The van der Waals surface area contributed by atoms with Gasteiger partial charge in [0.1, 0.15) is 5.75 Å². The van der Waals surface area contributed by atoms with Crippen LogP contribution in [-0.4, -0.2) is 32.1 Å². The second-order valence-corrected chi connectivity index (χ2v) is 5.35. The summed E-state index contributed by atoms with van der Waals surface area (Å²) in [6.07, 6.45) is 0.778. The summed E-state index contributed by atoms with van der Waals surface area (Å²) >= 11 is 0. The van der Waals surface area contributed by atoms with Crippen LogP contribution in [0.25, 0.3) is 0 Å². The predicted molar refractivity (Wildman–Crippen MR) is 97.1 cm³/mol. The first kappa shape index (κ1) is 18.3. The SMILES string of the molecule is CCCOC(=O)c1ccc(NC(=O)CNc2cccc(OC)c2)cc1. The number of esters is 1. The topological polar surface area (TPSA) is 76.7 Å². The zero-order valence-corrected chi connectivity index (χ0v) is 14.4. The number of nitrogens with one attached hydrogen (secondary N) is 2. The molecule has 2 N–H and O–H groups in total. The lowest BCUT2D eigenvalue weighted by molar-refractivity contribution is -0.114. The fraction of sp³-hybridized carbons (Fsp3) is 0.263. The van der Waals surface area contributed by atoms with Gasteiger partial charge in [0.05, 0.1) is 25.8 Å². The molecule has 0 radical (unpaired) electrons. The molecule has 0 aliphatic rings. The second-order valence-electron chi connectivity index (χ2n) is 5.35. The first-order chi connectivity index (χ1) is 12.1. The Morgan fingerprint density at radius 3 is 2.48 bits per heavy atom. The molecule has 0 aromatic heterocycles. The summed E-state index contributed by atoms with van der Waals surface area (Å²) in [5.41, 5.74) is 1.87. The number of rotatable bonds is 8. The van der Waals surface area contributed by atoms with E-state index < -0.39 is 0 Å². The van der Waals surface area contributed by atoms with Crippen LogP contribution in [0.2, 0.25) is 0 Å². The number of hydrogen-bond donors (Lipinski definition) is 2. The molecule has 25 heavy (non-hydrogen) atoms. The van der Waals surface area contributed by atoms with E-state index >= 15 is 0 Å². The van der Waals surface area contributed by atoms with Crippen LogP contribution in [0.1, 0.15) is 23.7 Å². The maximum Gasteiger partial charge on any atom is 0.338 e. The van der Waals surface area contributed by atoms with E-state index in [-0.39, 0.29) is 18.4 Å². The van der Waals surface area contributed by atoms with Crippen molar-refractivity contribution >= 4 is 23.3 Å². The minimum absolute atomic E-state index is 0.119. The summed E-state index contributed by atoms with van der Waals surface area (Å²) in [6.45, 7) is 2.45. The lowest BCUT2D eigenvalue weighted by atomic mass is 10.2. The van der Waals surface area contributed by atoms with Gasteiger partial charge in [-0.05, 0) is 42.8 Å². The predicted octanol–water partition coefficient (Wildman–Crippen LogP) is 3.31. The highest BCUT2D eigenvalue weighted by atomic mass is 16.5. The highest BCUT2D eigenvalue weighted by molar-refractivity contribution is 5.95. The first-order valence-electron chi connectivity index (χ1n) is 8.07. The van der Waals surface area contributed by atoms with Crippen molar-refractivity contribution in [2.45, 2.75) is 13.3 Å². The van der Waals surface area contributed by atoms with E-state index in [1.54, 1.807) is 31.4 Å². The average Bonchev–Trinajstić information content (AvgIpc) is 2.65. The largest absolute Gasteiger partial charge is 0.497 e. The van der Waals surface area contributed by atoms with E-state index in [1.165, 1.54) is 0 Å². The van der Waals surface area contributed by atoms with Crippen molar-refractivity contribution in [3.63, 3.8) is 0 Å². The third-order valence-electron chi connectivity index (χ3n) is 3.36. The maximum absolute atomic E-state index is 12.0. The summed E-state index contributed by atoms with van der Waals surface area (Å²) in [6, 6.07) is 13.9. The van der Waals surface area contributed by atoms with Gasteiger partial charge >= 0.3 is 5.97 Å². The van der Waals surface area contributed by atoms with Gasteiger partial charge in [-0.1, -0.05) is 13.0 Å². The molecule has 6 nitrogen and oxygen atoms in total. The molecular weight excluding hydrogens is 320 g/mol. The third kappa shape index (κ3) is 5.84. The lowest BCUT2D eigenvalue weighted by Crippen LogP contribution is -2.21. The van der Waals surface area contributed by atoms with Crippen molar-refractivity contribution in [1.82, 2.24) is 0 Å². The van der Waals surface area contributed by atoms with Gasteiger partial charge < -0.3 is 20.1 Å². The molecule has 6 heteroatoms. The standard InChI is InChI=1S/C19H22N2O4/c1-3-11-25-19(23)14-7-9-15(10-8-14)21-18(22)13-20-16-5-4-6-17(12-16)24-2/h4-10,12,20H,3,11,13H2,1-2H3,(H,21,22). The van der Waals surface area contributed by atoms with Crippen molar-refractivity contribution in [2.24, 2.45) is 0 Å². The van der Waals surface area contributed by atoms with Crippen molar-refractivity contribution < 1.29 is 19.1 Å². The van der Waals surface area contributed by atoms with Gasteiger partial charge in [0, 0.05) is 17.4 Å². The number of anilines is 2. The minimum Gasteiger partial charge on any atom is -0.497 e. The lowest BCUT2D eigenvalue weighted by Gasteiger charge is -2.09. The Hall–Kier alpha value is -3.02. The number of hydrogen-bond acceptors (Lipinski definition) is 5. The number of amides is 1. The van der Waals surface area contributed by atoms with Gasteiger partial charge in [-0.3, -0.25) is 4.79 Å². The molecule has 2 aromatic rings. The van der Waals surface area contributed by atoms with Crippen molar-refractivity contribution in [3.05, 3.63) is 54.1 Å². The first-order valence-corrected chi connectivity index (χ1v) is 8.07. The molecule has 1 amide bonds. The molecule has 0 saturated heterocycles. The van der Waals surface area contributed by atoms with Gasteiger partial charge in [-0.15, -0.1) is 0 Å². The van der Waals surface area contributed by atoms with Crippen LogP contribution in [-0.2, 0) is 9.53 Å². The molecule has 0 aliphatic heterocycles. The number of benzene rings is 2. The van der Waals surface area contributed by atoms with Gasteiger partial charge in [0.2, 0.25) is 5.91 Å². The Labute approximate surface area is 147 Å². The molecular formula is C19H22N2O4. The van der Waals surface area contributed by atoms with Gasteiger partial charge in [0.15, 0.2) is 0 Å². The summed E-state index contributed by atoms with van der Waals surface area (Å²) in [4.78, 5) is 23.7. The smallest absolute Gasteiger partial charge is 0.338 e. The molecule has 0 aliphatic carbocycles. The van der Waals surface area contributed by atoms with Crippen LogP contribution in [0.15, 0.2) is 48.5 Å². The highest BCUT2D eigenvalue weighted by Gasteiger charge is 2.07. The van der Waals surface area contributed by atoms with Crippen LogP contribution in [0.3, 0.4) is 0 Å². The summed E-state index contributed by atoms with van der Waals surface area (Å²) in [5.74, 6) is 0.166. The Bertz CT molecular complexity index is 714. The van der Waals surface area contributed by atoms with Crippen LogP contribution in [0.5, 0.6) is 5.75 Å². The molecule has 0 saturated carbocycles. The molecule has 132 valence electrons. The van der Waals surface area contributed by atoms with Crippen molar-refractivity contribution in [2.75, 3.05) is 30.9 Å². The van der Waals surface area contributed by atoms with Gasteiger partial charge in [0.25, 0.3) is 0 Å². The van der Waals surface area contributed by atoms with Gasteiger partial charge in [-0.25, -0.2) is 4.79 Å². The Morgan fingerprint density at radius 2 is 1.80 bits per heavy atom. The van der Waals surface area contributed by atoms with Crippen molar-refractivity contribution in [1.29, 1.82) is 0 Å². The number of methoxy groups -OCH3 is 1. The molecule has 2 rings (SSSR count). The van der Waals surface area contributed by atoms with Crippen LogP contribution in [0.4, 0.5) is 11.4 Å². The Morgan fingerprint density at radius 1 is 1.04 bits per heavy atom.